The summed E-state index contributed by atoms with van der Waals surface area (Å²) in [4.78, 5) is 20.6. The number of carbonyl (C=O) groups is 1. The highest BCUT2D eigenvalue weighted by Crippen LogP contribution is 2.34. The van der Waals surface area contributed by atoms with Gasteiger partial charge in [0.05, 0.1) is 23.6 Å². The molecule has 0 saturated heterocycles. The molecule has 1 fully saturated rings. The van der Waals surface area contributed by atoms with Crippen LogP contribution < -0.4 is 10.6 Å². The molecule has 4 rings (SSSR count). The summed E-state index contributed by atoms with van der Waals surface area (Å²) < 4.78 is 13.0. The van der Waals surface area contributed by atoms with E-state index in [1.165, 1.54) is 0 Å². The number of hydrogen-bond donors (Lipinski definition) is 3. The van der Waals surface area contributed by atoms with Gasteiger partial charge in [0.1, 0.15) is 12.0 Å². The third-order valence-corrected chi connectivity index (χ3v) is 5.27. The number of fused-ring (bicyclic) bond motifs is 1. The summed E-state index contributed by atoms with van der Waals surface area (Å²) in [6, 6.07) is 3.50. The second-order valence-electron chi connectivity index (χ2n) is 7.53. The monoisotopic (exact) mass is 394 g/mol. The van der Waals surface area contributed by atoms with Gasteiger partial charge in [-0.25, -0.2) is 9.37 Å². The number of dihydropyridines is 1. The quantitative estimate of drug-likeness (QED) is 0.656. The molecule has 6 nitrogen and oxygen atoms in total. The minimum atomic E-state index is -1.04. The van der Waals surface area contributed by atoms with E-state index in [4.69, 9.17) is 0 Å². The fourth-order valence-electron chi connectivity index (χ4n) is 3.44. The van der Waals surface area contributed by atoms with Crippen LogP contribution >= 0.6 is 0 Å². The molecule has 4 unspecified atom stereocenters. The number of halogens is 1. The minimum Gasteiger partial charge on any atom is -0.390 e. The van der Waals surface area contributed by atoms with Crippen LogP contribution in [0.4, 0.5) is 10.2 Å². The van der Waals surface area contributed by atoms with Crippen molar-refractivity contribution in [2.24, 2.45) is 5.92 Å². The highest BCUT2D eigenvalue weighted by atomic mass is 19.1. The lowest BCUT2D eigenvalue weighted by atomic mass is 9.94. The number of amides is 1. The molecule has 1 saturated carbocycles. The number of aromatic nitrogens is 2. The Morgan fingerprint density at radius 3 is 2.93 bits per heavy atom. The fraction of sp³-hybridized carbons (Fsp3) is 0.318. The lowest BCUT2D eigenvalue weighted by Gasteiger charge is -2.25. The van der Waals surface area contributed by atoms with Gasteiger partial charge in [0, 0.05) is 41.2 Å². The van der Waals surface area contributed by atoms with E-state index < -0.39 is 18.2 Å². The van der Waals surface area contributed by atoms with Gasteiger partial charge in [0.15, 0.2) is 0 Å². The Bertz CT molecular complexity index is 1030. The summed E-state index contributed by atoms with van der Waals surface area (Å²) in [7, 11) is 0. The fourth-order valence-corrected chi connectivity index (χ4v) is 3.44. The van der Waals surface area contributed by atoms with Gasteiger partial charge < -0.3 is 15.7 Å². The molecule has 0 aromatic carbocycles. The van der Waals surface area contributed by atoms with Gasteiger partial charge in [-0.2, -0.15) is 0 Å². The van der Waals surface area contributed by atoms with Crippen molar-refractivity contribution in [1.29, 1.82) is 0 Å². The zero-order valence-corrected chi connectivity index (χ0v) is 16.1. The van der Waals surface area contributed by atoms with Crippen molar-refractivity contribution in [3.05, 3.63) is 60.6 Å². The zero-order valence-electron chi connectivity index (χ0n) is 16.1. The van der Waals surface area contributed by atoms with Crippen LogP contribution in [0.1, 0.15) is 25.3 Å². The lowest BCUT2D eigenvalue weighted by Crippen LogP contribution is -2.37. The van der Waals surface area contributed by atoms with Crippen LogP contribution in [0.5, 0.6) is 0 Å². The Morgan fingerprint density at radius 1 is 1.45 bits per heavy atom. The van der Waals surface area contributed by atoms with Crippen LogP contribution in [-0.4, -0.2) is 39.3 Å². The predicted octanol–water partition coefficient (Wildman–Crippen LogP) is 3.12. The SMILES string of the molecule is C=CCC(O)C1C=C(C)C(c2cnc3cc(NC(=O)C4CC4F)ncc3c2)=CN1. The highest BCUT2D eigenvalue weighted by Gasteiger charge is 2.43. The maximum Gasteiger partial charge on any atom is 0.231 e. The number of hydrogen-bond acceptors (Lipinski definition) is 5. The molecule has 3 heterocycles. The molecule has 1 amide bonds. The first-order valence-electron chi connectivity index (χ1n) is 9.61. The Balaban J connectivity index is 1.52. The molecular weight excluding hydrogens is 371 g/mol. The minimum absolute atomic E-state index is 0.159. The van der Waals surface area contributed by atoms with Gasteiger partial charge in [0.25, 0.3) is 0 Å². The molecule has 150 valence electrons. The summed E-state index contributed by atoms with van der Waals surface area (Å²) in [5.74, 6) is -0.527. The molecule has 2 aromatic heterocycles. The zero-order chi connectivity index (χ0) is 20.5. The number of aliphatic hydroxyl groups excluding tert-OH is 1. The number of pyridine rings is 2. The molecule has 4 atom stereocenters. The van der Waals surface area contributed by atoms with E-state index in [9.17, 15) is 14.3 Å². The van der Waals surface area contributed by atoms with Crippen molar-refractivity contribution in [3.8, 4) is 0 Å². The first-order valence-corrected chi connectivity index (χ1v) is 9.61. The lowest BCUT2D eigenvalue weighted by molar-refractivity contribution is -0.117. The van der Waals surface area contributed by atoms with Crippen LogP contribution in [0.3, 0.4) is 0 Å². The second-order valence-corrected chi connectivity index (χ2v) is 7.53. The maximum absolute atomic E-state index is 13.0. The van der Waals surface area contributed by atoms with E-state index in [1.807, 2.05) is 25.3 Å². The number of aliphatic hydroxyl groups is 1. The predicted molar refractivity (Wildman–Crippen MR) is 111 cm³/mol. The number of allylic oxidation sites excluding steroid dienone is 2. The van der Waals surface area contributed by atoms with E-state index in [0.717, 1.165) is 22.1 Å². The molecule has 29 heavy (non-hydrogen) atoms. The number of anilines is 1. The van der Waals surface area contributed by atoms with Crippen molar-refractivity contribution in [2.75, 3.05) is 5.32 Å². The summed E-state index contributed by atoms with van der Waals surface area (Å²) in [5, 5.41) is 16.9. The number of alkyl halides is 1. The van der Waals surface area contributed by atoms with Crippen molar-refractivity contribution in [2.45, 2.75) is 38.1 Å². The smallest absolute Gasteiger partial charge is 0.231 e. The van der Waals surface area contributed by atoms with Crippen molar-refractivity contribution < 1.29 is 14.3 Å². The maximum atomic E-state index is 13.0. The van der Waals surface area contributed by atoms with Crippen molar-refractivity contribution >= 4 is 28.2 Å². The number of rotatable bonds is 6. The highest BCUT2D eigenvalue weighted by molar-refractivity contribution is 5.95. The van der Waals surface area contributed by atoms with Gasteiger partial charge in [0.2, 0.25) is 5.91 Å². The Labute approximate surface area is 168 Å². The molecule has 0 bridgehead atoms. The van der Waals surface area contributed by atoms with Gasteiger partial charge in [-0.15, -0.1) is 6.58 Å². The summed E-state index contributed by atoms with van der Waals surface area (Å²) in [6.45, 7) is 5.66. The molecule has 2 aromatic rings. The molecular formula is C22H23FN4O2. The number of nitrogens with zero attached hydrogens (tertiary/aromatic N) is 2. The Morgan fingerprint density at radius 2 is 2.24 bits per heavy atom. The number of carbonyl (C=O) groups excluding carboxylic acids is 1. The van der Waals surface area contributed by atoms with Crippen LogP contribution in [0.2, 0.25) is 0 Å². The van der Waals surface area contributed by atoms with Crippen LogP contribution in [-0.2, 0) is 4.79 Å². The number of nitrogens with one attached hydrogen (secondary N) is 2. The van der Waals surface area contributed by atoms with Gasteiger partial charge >= 0.3 is 0 Å². The summed E-state index contributed by atoms with van der Waals surface area (Å²) in [5.41, 5.74) is 3.64. The second kappa shape index (κ2) is 7.75. The molecule has 0 spiro atoms. The third-order valence-electron chi connectivity index (χ3n) is 5.27. The van der Waals surface area contributed by atoms with Crippen LogP contribution in [0, 0.1) is 5.92 Å². The normalized spacial score (nSPS) is 24.2. The first-order chi connectivity index (χ1) is 14.0. The van der Waals surface area contributed by atoms with E-state index in [1.54, 1.807) is 24.5 Å². The van der Waals surface area contributed by atoms with Gasteiger partial charge in [-0.05, 0) is 31.4 Å². The summed E-state index contributed by atoms with van der Waals surface area (Å²) in [6.07, 6.45) is 8.22. The van der Waals surface area contributed by atoms with Gasteiger partial charge in [-0.3, -0.25) is 9.78 Å². The average Bonchev–Trinajstić information content (AvgIpc) is 3.44. The molecule has 3 N–H and O–H groups in total. The van der Waals surface area contributed by atoms with E-state index in [0.29, 0.717) is 17.8 Å². The molecule has 7 heteroatoms. The molecule has 1 aliphatic carbocycles. The molecule has 0 radical (unpaired) electrons. The Kier molecular flexibility index (Phi) is 5.15. The molecule has 1 aliphatic heterocycles. The van der Waals surface area contributed by atoms with E-state index in [-0.39, 0.29) is 18.4 Å². The van der Waals surface area contributed by atoms with Crippen molar-refractivity contribution in [3.63, 3.8) is 0 Å². The largest absolute Gasteiger partial charge is 0.390 e. The summed E-state index contributed by atoms with van der Waals surface area (Å²) >= 11 is 0. The van der Waals surface area contributed by atoms with E-state index >= 15 is 0 Å². The van der Waals surface area contributed by atoms with Gasteiger partial charge in [-0.1, -0.05) is 12.2 Å². The topological polar surface area (TPSA) is 87.1 Å². The molecule has 2 aliphatic rings. The van der Waals surface area contributed by atoms with Crippen LogP contribution in [0.15, 0.2) is 55.0 Å². The standard InChI is InChI=1S/C22H23FN4O2/c1-3-4-20(28)19-5-12(2)16(11-25-19)13-6-14-10-26-21(8-18(14)24-9-13)27-22(29)15-7-17(15)23/h3,5-6,8-11,15,17,19-20,25,28H,1,4,7H2,2H3,(H,26,27,29). The van der Waals surface area contributed by atoms with E-state index in [2.05, 4.69) is 27.2 Å². The third kappa shape index (κ3) is 4.05. The Hall–Kier alpha value is -3.06. The van der Waals surface area contributed by atoms with Crippen LogP contribution in [0.25, 0.3) is 16.5 Å². The average molecular weight is 394 g/mol. The van der Waals surface area contributed by atoms with Crippen molar-refractivity contribution in [1.82, 2.24) is 15.3 Å². The first kappa shape index (κ1) is 19.3.